The van der Waals surface area contributed by atoms with Crippen LogP contribution in [0.1, 0.15) is 25.7 Å². The first kappa shape index (κ1) is 14.8. The Balaban J connectivity index is 1.78. The van der Waals surface area contributed by atoms with Crippen molar-refractivity contribution >= 4 is 15.7 Å². The van der Waals surface area contributed by atoms with E-state index in [2.05, 4.69) is 4.90 Å². The van der Waals surface area contributed by atoms with Crippen molar-refractivity contribution in [2.75, 3.05) is 44.7 Å². The summed E-state index contributed by atoms with van der Waals surface area (Å²) in [5.41, 5.74) is 0. The minimum absolute atomic E-state index is 0.238. The molecule has 0 bridgehead atoms. The van der Waals surface area contributed by atoms with Gasteiger partial charge in [-0.05, 0) is 31.7 Å². The summed E-state index contributed by atoms with van der Waals surface area (Å²) in [7, 11) is -2.88. The predicted molar refractivity (Wildman–Crippen MR) is 74.7 cm³/mol. The van der Waals surface area contributed by atoms with Crippen molar-refractivity contribution in [3.63, 3.8) is 0 Å². The Morgan fingerprint density at radius 2 is 2.05 bits per heavy atom. The van der Waals surface area contributed by atoms with Crippen LogP contribution in [0.15, 0.2) is 0 Å². The molecule has 0 saturated carbocycles. The summed E-state index contributed by atoms with van der Waals surface area (Å²) in [4.78, 5) is 15.8. The quantitative estimate of drug-likeness (QED) is 0.733. The zero-order chi connectivity index (χ0) is 13.9. The van der Waals surface area contributed by atoms with E-state index >= 15 is 0 Å². The Morgan fingerprint density at radius 3 is 2.68 bits per heavy atom. The fourth-order valence-corrected chi connectivity index (χ4v) is 3.60. The van der Waals surface area contributed by atoms with Gasteiger partial charge in [0.1, 0.15) is 9.84 Å². The van der Waals surface area contributed by atoms with Crippen molar-refractivity contribution in [2.45, 2.75) is 25.7 Å². The number of rotatable bonds is 5. The molecule has 0 aromatic heterocycles. The van der Waals surface area contributed by atoms with Crippen LogP contribution < -0.4 is 0 Å². The summed E-state index contributed by atoms with van der Waals surface area (Å²) in [6.45, 7) is 4.30. The molecule has 2 aliphatic rings. The Hall–Kier alpha value is -0.620. The fourth-order valence-electron chi connectivity index (χ4n) is 3.01. The lowest BCUT2D eigenvalue weighted by Gasteiger charge is -2.34. The number of piperidine rings is 1. The van der Waals surface area contributed by atoms with Crippen LogP contribution in [0.4, 0.5) is 0 Å². The van der Waals surface area contributed by atoms with Crippen LogP contribution in [-0.4, -0.2) is 68.9 Å². The third-order valence-electron chi connectivity index (χ3n) is 4.03. The Labute approximate surface area is 115 Å². The number of carbonyl (C=O) groups excluding carboxylic acids is 1. The molecule has 0 spiro atoms. The largest absolute Gasteiger partial charge is 0.342 e. The summed E-state index contributed by atoms with van der Waals surface area (Å²) >= 11 is 0. The van der Waals surface area contributed by atoms with Crippen molar-refractivity contribution in [3.05, 3.63) is 0 Å². The maximum Gasteiger partial charge on any atom is 0.222 e. The van der Waals surface area contributed by atoms with Gasteiger partial charge >= 0.3 is 0 Å². The first-order valence-corrected chi connectivity index (χ1v) is 9.18. The van der Waals surface area contributed by atoms with E-state index in [-0.39, 0.29) is 11.7 Å². The maximum atomic E-state index is 11.6. The van der Waals surface area contributed by atoms with Crippen LogP contribution in [0.5, 0.6) is 0 Å². The van der Waals surface area contributed by atoms with Crippen LogP contribution in [-0.2, 0) is 14.6 Å². The molecule has 0 aromatic rings. The lowest BCUT2D eigenvalue weighted by Crippen LogP contribution is -2.42. The van der Waals surface area contributed by atoms with Crippen molar-refractivity contribution in [1.29, 1.82) is 0 Å². The zero-order valence-corrected chi connectivity index (χ0v) is 12.5. The van der Waals surface area contributed by atoms with E-state index < -0.39 is 9.84 Å². The Bertz CT molecular complexity index is 422. The molecule has 2 saturated heterocycles. The molecule has 0 unspecified atom stereocenters. The molecular weight excluding hydrogens is 264 g/mol. The first-order valence-electron chi connectivity index (χ1n) is 7.12. The molecule has 110 valence electrons. The molecule has 2 aliphatic heterocycles. The van der Waals surface area contributed by atoms with Gasteiger partial charge < -0.3 is 9.80 Å². The van der Waals surface area contributed by atoms with E-state index in [9.17, 15) is 13.2 Å². The highest BCUT2D eigenvalue weighted by molar-refractivity contribution is 7.90. The molecule has 0 radical (unpaired) electrons. The summed E-state index contributed by atoms with van der Waals surface area (Å²) in [6, 6.07) is 0. The first-order chi connectivity index (χ1) is 8.94. The van der Waals surface area contributed by atoms with Crippen molar-refractivity contribution < 1.29 is 13.2 Å². The number of carbonyl (C=O) groups is 1. The van der Waals surface area contributed by atoms with E-state index in [1.54, 1.807) is 0 Å². The predicted octanol–water partition coefficient (Wildman–Crippen LogP) is 0.365. The number of hydrogen-bond acceptors (Lipinski definition) is 4. The van der Waals surface area contributed by atoms with Gasteiger partial charge in [0.2, 0.25) is 5.91 Å². The Morgan fingerprint density at radius 1 is 1.26 bits per heavy atom. The second kappa shape index (κ2) is 6.22. The Kier molecular flexibility index (Phi) is 4.84. The maximum absolute atomic E-state index is 11.6. The summed E-state index contributed by atoms with van der Waals surface area (Å²) in [5, 5.41) is 0. The summed E-state index contributed by atoms with van der Waals surface area (Å²) in [5.74, 6) is 1.03. The minimum atomic E-state index is -2.88. The molecule has 2 rings (SSSR count). The molecule has 0 aromatic carbocycles. The average Bonchev–Trinajstić information content (AvgIpc) is 2.72. The van der Waals surface area contributed by atoms with Crippen molar-refractivity contribution in [3.8, 4) is 0 Å². The van der Waals surface area contributed by atoms with Crippen molar-refractivity contribution in [2.24, 2.45) is 5.92 Å². The van der Waals surface area contributed by atoms with Gasteiger partial charge in [0.15, 0.2) is 0 Å². The van der Waals surface area contributed by atoms with Gasteiger partial charge in [-0.15, -0.1) is 0 Å². The van der Waals surface area contributed by atoms with Gasteiger partial charge in [-0.25, -0.2) is 8.42 Å². The minimum Gasteiger partial charge on any atom is -0.342 e. The normalized spacial score (nSPS) is 26.1. The van der Waals surface area contributed by atoms with Gasteiger partial charge in [-0.2, -0.15) is 0 Å². The summed E-state index contributed by atoms with van der Waals surface area (Å²) in [6.07, 6.45) is 5.24. The van der Waals surface area contributed by atoms with Crippen LogP contribution in [0.25, 0.3) is 0 Å². The second-order valence-corrected chi connectivity index (χ2v) is 8.14. The van der Waals surface area contributed by atoms with Crippen molar-refractivity contribution in [1.82, 2.24) is 9.80 Å². The summed E-state index contributed by atoms with van der Waals surface area (Å²) < 4.78 is 22.4. The third-order valence-corrected chi connectivity index (χ3v) is 4.96. The van der Waals surface area contributed by atoms with Gasteiger partial charge in [-0.1, -0.05) is 0 Å². The number of likely N-dealkylation sites (tertiary alicyclic amines) is 2. The standard InChI is InChI=1S/C13H24N2O3S/c1-19(17,18)9-8-14-6-2-4-12(10-14)11-15-7-3-5-13(15)16/h12H,2-11H2,1H3/t12-/m0/s1. The van der Waals surface area contributed by atoms with E-state index in [4.69, 9.17) is 0 Å². The number of sulfone groups is 1. The molecule has 1 amide bonds. The SMILES string of the molecule is CS(=O)(=O)CCN1CCC[C@H](CN2CCCC2=O)C1. The average molecular weight is 288 g/mol. The highest BCUT2D eigenvalue weighted by Crippen LogP contribution is 2.20. The molecule has 2 heterocycles. The zero-order valence-electron chi connectivity index (χ0n) is 11.7. The van der Waals surface area contributed by atoms with E-state index in [0.717, 1.165) is 45.4 Å². The van der Waals surface area contributed by atoms with E-state index in [1.165, 1.54) is 6.26 Å². The molecule has 1 atom stereocenters. The fraction of sp³-hybridized carbons (Fsp3) is 0.923. The highest BCUT2D eigenvalue weighted by Gasteiger charge is 2.26. The number of hydrogen-bond donors (Lipinski definition) is 0. The van der Waals surface area contributed by atoms with Crippen LogP contribution >= 0.6 is 0 Å². The van der Waals surface area contributed by atoms with Gasteiger partial charge in [0.25, 0.3) is 0 Å². The highest BCUT2D eigenvalue weighted by atomic mass is 32.2. The van der Waals surface area contributed by atoms with Crippen LogP contribution in [0, 0.1) is 5.92 Å². The van der Waals surface area contributed by atoms with Gasteiger partial charge in [0, 0.05) is 38.9 Å². The topological polar surface area (TPSA) is 57.7 Å². The molecule has 0 N–H and O–H groups in total. The molecule has 5 nitrogen and oxygen atoms in total. The monoisotopic (exact) mass is 288 g/mol. The lowest BCUT2D eigenvalue weighted by molar-refractivity contribution is -0.128. The molecular formula is C13H24N2O3S. The van der Waals surface area contributed by atoms with E-state index in [1.807, 2.05) is 4.90 Å². The molecule has 19 heavy (non-hydrogen) atoms. The molecule has 0 aliphatic carbocycles. The van der Waals surface area contributed by atoms with E-state index in [0.29, 0.717) is 18.9 Å². The van der Waals surface area contributed by atoms with Crippen LogP contribution in [0.2, 0.25) is 0 Å². The number of amides is 1. The third kappa shape index (κ3) is 4.76. The van der Waals surface area contributed by atoms with Crippen LogP contribution in [0.3, 0.4) is 0 Å². The lowest BCUT2D eigenvalue weighted by atomic mass is 9.97. The smallest absolute Gasteiger partial charge is 0.222 e. The molecule has 6 heteroatoms. The van der Waals surface area contributed by atoms with Gasteiger partial charge in [-0.3, -0.25) is 4.79 Å². The molecule has 2 fully saturated rings. The number of nitrogens with zero attached hydrogens (tertiary/aromatic N) is 2. The van der Waals surface area contributed by atoms with Gasteiger partial charge in [0.05, 0.1) is 5.75 Å². The second-order valence-electron chi connectivity index (χ2n) is 5.88.